The molecule has 2 nitrogen and oxygen atoms in total. The lowest BCUT2D eigenvalue weighted by atomic mass is 10.2. The van der Waals surface area contributed by atoms with Gasteiger partial charge in [-0.25, -0.2) is 0 Å². The summed E-state index contributed by atoms with van der Waals surface area (Å²) in [6.45, 7) is 0.378. The Morgan fingerprint density at radius 2 is 1.71 bits per heavy atom. The second-order valence-corrected chi connectivity index (χ2v) is 4.33. The Morgan fingerprint density at radius 3 is 2.35 bits per heavy atom. The molecule has 0 heterocycles. The fourth-order valence-electron chi connectivity index (χ4n) is 1.45. The second kappa shape index (κ2) is 5.41. The summed E-state index contributed by atoms with van der Waals surface area (Å²) in [5.74, 6) is 1.27. The standard InChI is InChI=1S/C13H11Cl2NO/c14-10-4-6-11(7-5-10)17-13-9(8-16)2-1-3-12(13)15/h1-7H,8,16H2. The molecule has 0 aromatic heterocycles. The quantitative estimate of drug-likeness (QED) is 0.903. The van der Waals surface area contributed by atoms with Crippen LogP contribution in [0.5, 0.6) is 11.5 Å². The lowest BCUT2D eigenvalue weighted by Gasteiger charge is -2.11. The molecule has 0 atom stereocenters. The zero-order valence-corrected chi connectivity index (χ0v) is 10.5. The lowest BCUT2D eigenvalue weighted by molar-refractivity contribution is 0.476. The largest absolute Gasteiger partial charge is 0.455 e. The first-order valence-electron chi connectivity index (χ1n) is 5.11. The van der Waals surface area contributed by atoms with Crippen LogP contribution in [-0.4, -0.2) is 0 Å². The number of benzene rings is 2. The molecule has 0 amide bonds. The molecule has 0 unspecified atom stereocenters. The normalized spacial score (nSPS) is 10.3. The molecule has 2 aromatic carbocycles. The zero-order valence-electron chi connectivity index (χ0n) is 8.99. The average molecular weight is 268 g/mol. The molecule has 0 saturated heterocycles. The van der Waals surface area contributed by atoms with Gasteiger partial charge in [-0.15, -0.1) is 0 Å². The summed E-state index contributed by atoms with van der Waals surface area (Å²) in [5, 5.41) is 1.21. The molecule has 2 rings (SSSR count). The average Bonchev–Trinajstić information content (AvgIpc) is 2.34. The number of para-hydroxylation sites is 1. The van der Waals surface area contributed by atoms with Gasteiger partial charge in [-0.05, 0) is 30.3 Å². The van der Waals surface area contributed by atoms with Gasteiger partial charge in [0, 0.05) is 17.1 Å². The van der Waals surface area contributed by atoms with Crippen molar-refractivity contribution in [2.45, 2.75) is 6.54 Å². The summed E-state index contributed by atoms with van der Waals surface area (Å²) in [6.07, 6.45) is 0. The van der Waals surface area contributed by atoms with E-state index in [1.54, 1.807) is 30.3 Å². The molecule has 0 aliphatic heterocycles. The minimum absolute atomic E-state index is 0.378. The van der Waals surface area contributed by atoms with E-state index in [4.69, 9.17) is 33.7 Å². The first kappa shape index (κ1) is 12.2. The minimum atomic E-state index is 0.378. The first-order valence-corrected chi connectivity index (χ1v) is 5.87. The third-order valence-corrected chi connectivity index (χ3v) is 2.85. The smallest absolute Gasteiger partial charge is 0.150 e. The Balaban J connectivity index is 2.32. The summed E-state index contributed by atoms with van der Waals surface area (Å²) < 4.78 is 5.72. The van der Waals surface area contributed by atoms with Crippen LogP contribution in [0.4, 0.5) is 0 Å². The van der Waals surface area contributed by atoms with Crippen LogP contribution in [0.1, 0.15) is 5.56 Å². The van der Waals surface area contributed by atoms with Crippen molar-refractivity contribution in [1.29, 1.82) is 0 Å². The van der Waals surface area contributed by atoms with E-state index in [9.17, 15) is 0 Å². The number of rotatable bonds is 3. The van der Waals surface area contributed by atoms with Gasteiger partial charge in [0.2, 0.25) is 0 Å². The SMILES string of the molecule is NCc1cccc(Cl)c1Oc1ccc(Cl)cc1. The van der Waals surface area contributed by atoms with Crippen molar-refractivity contribution in [3.63, 3.8) is 0 Å². The molecule has 0 radical (unpaired) electrons. The highest BCUT2D eigenvalue weighted by Crippen LogP contribution is 2.33. The maximum absolute atomic E-state index is 6.08. The van der Waals surface area contributed by atoms with Gasteiger partial charge in [-0.2, -0.15) is 0 Å². The van der Waals surface area contributed by atoms with Crippen molar-refractivity contribution in [3.8, 4) is 11.5 Å². The lowest BCUT2D eigenvalue weighted by Crippen LogP contribution is -1.99. The van der Waals surface area contributed by atoms with Gasteiger partial charge < -0.3 is 10.5 Å². The Morgan fingerprint density at radius 1 is 1.00 bits per heavy atom. The monoisotopic (exact) mass is 267 g/mol. The highest BCUT2D eigenvalue weighted by atomic mass is 35.5. The van der Waals surface area contributed by atoms with Gasteiger partial charge in [0.05, 0.1) is 5.02 Å². The van der Waals surface area contributed by atoms with E-state index in [0.29, 0.717) is 28.1 Å². The fourth-order valence-corrected chi connectivity index (χ4v) is 1.81. The topological polar surface area (TPSA) is 35.2 Å². The van der Waals surface area contributed by atoms with Gasteiger partial charge >= 0.3 is 0 Å². The molecule has 17 heavy (non-hydrogen) atoms. The van der Waals surface area contributed by atoms with E-state index in [0.717, 1.165) is 5.56 Å². The predicted molar refractivity (Wildman–Crippen MR) is 70.9 cm³/mol. The summed E-state index contributed by atoms with van der Waals surface area (Å²) in [6, 6.07) is 12.6. The molecule has 2 N–H and O–H groups in total. The van der Waals surface area contributed by atoms with E-state index in [1.165, 1.54) is 0 Å². The number of halogens is 2. The summed E-state index contributed by atoms with van der Waals surface area (Å²) in [4.78, 5) is 0. The molecule has 0 saturated carbocycles. The van der Waals surface area contributed by atoms with E-state index in [2.05, 4.69) is 0 Å². The van der Waals surface area contributed by atoms with Crippen LogP contribution in [0.25, 0.3) is 0 Å². The van der Waals surface area contributed by atoms with E-state index < -0.39 is 0 Å². The number of hydrogen-bond acceptors (Lipinski definition) is 2. The molecule has 0 fully saturated rings. The first-order chi connectivity index (χ1) is 8.20. The van der Waals surface area contributed by atoms with Crippen LogP contribution in [0.2, 0.25) is 10.0 Å². The molecule has 0 spiro atoms. The summed E-state index contributed by atoms with van der Waals surface area (Å²) >= 11 is 11.9. The van der Waals surface area contributed by atoms with Crippen LogP contribution in [-0.2, 0) is 6.54 Å². The van der Waals surface area contributed by atoms with Gasteiger partial charge in [0.1, 0.15) is 11.5 Å². The van der Waals surface area contributed by atoms with Crippen LogP contribution in [0.3, 0.4) is 0 Å². The fraction of sp³-hybridized carbons (Fsp3) is 0.0769. The molecule has 0 bridgehead atoms. The Labute approximate surface area is 110 Å². The van der Waals surface area contributed by atoms with Crippen molar-refractivity contribution in [1.82, 2.24) is 0 Å². The molecular weight excluding hydrogens is 257 g/mol. The van der Waals surface area contributed by atoms with Gasteiger partial charge in [-0.1, -0.05) is 35.3 Å². The summed E-state index contributed by atoms with van der Waals surface area (Å²) in [5.41, 5.74) is 6.51. The van der Waals surface area contributed by atoms with Crippen LogP contribution >= 0.6 is 23.2 Å². The van der Waals surface area contributed by atoms with Crippen LogP contribution in [0.15, 0.2) is 42.5 Å². The number of ether oxygens (including phenoxy) is 1. The molecule has 2 aromatic rings. The van der Waals surface area contributed by atoms with Gasteiger partial charge in [0.25, 0.3) is 0 Å². The maximum Gasteiger partial charge on any atom is 0.150 e. The second-order valence-electron chi connectivity index (χ2n) is 3.49. The Kier molecular flexibility index (Phi) is 3.89. The van der Waals surface area contributed by atoms with Crippen molar-refractivity contribution in [2.75, 3.05) is 0 Å². The summed E-state index contributed by atoms with van der Waals surface area (Å²) in [7, 11) is 0. The molecule has 0 aliphatic rings. The highest BCUT2D eigenvalue weighted by Gasteiger charge is 2.08. The molecule has 0 aliphatic carbocycles. The zero-order chi connectivity index (χ0) is 12.3. The van der Waals surface area contributed by atoms with Gasteiger partial charge in [-0.3, -0.25) is 0 Å². The number of nitrogens with two attached hydrogens (primary N) is 1. The third-order valence-electron chi connectivity index (χ3n) is 2.30. The molecular formula is C13H11Cl2NO. The number of hydrogen-bond donors (Lipinski definition) is 1. The predicted octanol–water partition coefficient (Wildman–Crippen LogP) is 4.24. The van der Waals surface area contributed by atoms with Crippen LogP contribution in [0, 0.1) is 0 Å². The van der Waals surface area contributed by atoms with Crippen molar-refractivity contribution in [3.05, 3.63) is 58.1 Å². The highest BCUT2D eigenvalue weighted by molar-refractivity contribution is 6.32. The van der Waals surface area contributed by atoms with E-state index >= 15 is 0 Å². The Hall–Kier alpha value is -1.22. The molecule has 88 valence electrons. The van der Waals surface area contributed by atoms with Crippen LogP contribution < -0.4 is 10.5 Å². The van der Waals surface area contributed by atoms with Crippen molar-refractivity contribution < 1.29 is 4.74 Å². The van der Waals surface area contributed by atoms with Crippen molar-refractivity contribution >= 4 is 23.2 Å². The minimum Gasteiger partial charge on any atom is -0.455 e. The third kappa shape index (κ3) is 2.91. The maximum atomic E-state index is 6.08. The van der Waals surface area contributed by atoms with E-state index in [1.807, 2.05) is 12.1 Å². The van der Waals surface area contributed by atoms with Gasteiger partial charge in [0.15, 0.2) is 0 Å². The Bertz CT molecular complexity index is 511. The van der Waals surface area contributed by atoms with Crippen molar-refractivity contribution in [2.24, 2.45) is 5.73 Å². The molecule has 4 heteroatoms. The van der Waals surface area contributed by atoms with E-state index in [-0.39, 0.29) is 0 Å².